The van der Waals surface area contributed by atoms with E-state index in [9.17, 15) is 14.4 Å². The molecule has 2 aliphatic rings. The first-order chi connectivity index (χ1) is 10.1. The number of β-lactam (4-membered cyclic amide) rings is 1. The van der Waals surface area contributed by atoms with Crippen molar-refractivity contribution in [2.45, 2.75) is 42.6 Å². The molecule has 0 aliphatic carbocycles. The number of nitrogens with zero attached hydrogens (tertiary/aromatic N) is 1. The summed E-state index contributed by atoms with van der Waals surface area (Å²) in [6.07, 6.45) is 0. The van der Waals surface area contributed by atoms with E-state index in [-0.39, 0.29) is 27.8 Å². The van der Waals surface area contributed by atoms with Crippen molar-refractivity contribution in [3.8, 4) is 0 Å². The number of carbonyl (C=O) groups is 3. The number of hydrogen-bond acceptors (Lipinski definition) is 5. The lowest BCUT2D eigenvalue weighted by Crippen LogP contribution is -2.64. The molecule has 1 saturated heterocycles. The Labute approximate surface area is 146 Å². The third kappa shape index (κ3) is 3.08. The predicted molar refractivity (Wildman–Crippen MR) is 88.7 cm³/mol. The predicted octanol–water partition coefficient (Wildman–Crippen LogP) is 2.66. The Morgan fingerprint density at radius 2 is 2.00 bits per heavy atom. The molecule has 0 aromatic heterocycles. The van der Waals surface area contributed by atoms with E-state index in [1.54, 1.807) is 20.8 Å². The average Bonchev–Trinajstić information content (AvgIpc) is 2.42. The topological polar surface area (TPSA) is 63.7 Å². The van der Waals surface area contributed by atoms with Crippen molar-refractivity contribution in [3.05, 3.63) is 11.3 Å². The van der Waals surface area contributed by atoms with Crippen LogP contribution in [0.15, 0.2) is 11.3 Å². The van der Waals surface area contributed by atoms with E-state index >= 15 is 0 Å². The van der Waals surface area contributed by atoms with Crippen LogP contribution in [-0.2, 0) is 19.1 Å². The molecule has 0 spiro atoms. The van der Waals surface area contributed by atoms with Gasteiger partial charge in [-0.05, 0) is 0 Å². The van der Waals surface area contributed by atoms with Crippen molar-refractivity contribution >= 4 is 57.0 Å². The molecule has 3 atom stereocenters. The summed E-state index contributed by atoms with van der Waals surface area (Å²) < 4.78 is 4.82. The molecule has 2 heterocycles. The van der Waals surface area contributed by atoms with E-state index in [0.29, 0.717) is 11.3 Å². The van der Waals surface area contributed by atoms with Gasteiger partial charge in [0.05, 0.1) is 9.86 Å². The molecule has 1 fully saturated rings. The summed E-state index contributed by atoms with van der Waals surface area (Å²) in [6.45, 7) is 6.63. The first-order valence-corrected chi connectivity index (χ1v) is 9.03. The number of esters is 1. The van der Waals surface area contributed by atoms with Crippen molar-refractivity contribution in [1.82, 2.24) is 4.90 Å². The van der Waals surface area contributed by atoms with Gasteiger partial charge in [0.2, 0.25) is 5.91 Å². The molecule has 0 aromatic rings. The molecule has 2 aliphatic heterocycles. The van der Waals surface area contributed by atoms with Crippen LogP contribution in [0.2, 0.25) is 0 Å². The minimum Gasteiger partial charge on any atom is -0.461 e. The molecule has 2 rings (SSSR count). The van der Waals surface area contributed by atoms with Gasteiger partial charge in [-0.15, -0.1) is 23.4 Å². The monoisotopic (exact) mass is 409 g/mol. The maximum absolute atomic E-state index is 12.8. The molecule has 0 aromatic carbocycles. The molecule has 0 saturated carbocycles. The molecule has 0 radical (unpaired) electrons. The van der Waals surface area contributed by atoms with Gasteiger partial charge in [-0.1, -0.05) is 36.7 Å². The van der Waals surface area contributed by atoms with Crippen molar-refractivity contribution in [1.29, 1.82) is 0 Å². The summed E-state index contributed by atoms with van der Waals surface area (Å²) in [5.74, 6) is -0.889. The molecular weight excluding hydrogens is 394 g/mol. The summed E-state index contributed by atoms with van der Waals surface area (Å²) in [5.41, 5.74) is 0.239. The minimum atomic E-state index is -0.659. The summed E-state index contributed by atoms with van der Waals surface area (Å²) in [4.78, 5) is 37.4. The molecular formula is C14H17BrClNO4S. The van der Waals surface area contributed by atoms with Crippen LogP contribution in [0.1, 0.15) is 27.7 Å². The zero-order valence-corrected chi connectivity index (χ0v) is 15.8. The number of ether oxygens (including phenoxy) is 1. The van der Waals surface area contributed by atoms with E-state index in [0.717, 1.165) is 0 Å². The fourth-order valence-corrected chi connectivity index (χ4v) is 4.77. The highest BCUT2D eigenvalue weighted by molar-refractivity contribution is 9.11. The van der Waals surface area contributed by atoms with Gasteiger partial charge in [0.1, 0.15) is 17.4 Å². The van der Waals surface area contributed by atoms with Crippen molar-refractivity contribution in [2.24, 2.45) is 5.41 Å². The van der Waals surface area contributed by atoms with Crippen LogP contribution in [0.4, 0.5) is 0 Å². The summed E-state index contributed by atoms with van der Waals surface area (Å²) in [5, 5.41) is -0.913. The zero-order chi connectivity index (χ0) is 16.8. The number of amides is 1. The summed E-state index contributed by atoms with van der Waals surface area (Å²) >= 11 is 11.0. The van der Waals surface area contributed by atoms with Gasteiger partial charge >= 0.3 is 5.97 Å². The number of rotatable bonds is 3. The van der Waals surface area contributed by atoms with Gasteiger partial charge in [-0.3, -0.25) is 19.3 Å². The second-order valence-corrected chi connectivity index (χ2v) is 9.40. The van der Waals surface area contributed by atoms with E-state index in [1.165, 1.54) is 23.6 Å². The first kappa shape index (κ1) is 17.8. The average molecular weight is 411 g/mol. The highest BCUT2D eigenvalue weighted by atomic mass is 79.9. The first-order valence-electron chi connectivity index (χ1n) is 6.73. The lowest BCUT2D eigenvalue weighted by molar-refractivity contribution is -0.142. The Morgan fingerprint density at radius 1 is 1.41 bits per heavy atom. The van der Waals surface area contributed by atoms with Crippen molar-refractivity contribution in [3.63, 3.8) is 0 Å². The Hall–Kier alpha value is -0.530. The second kappa shape index (κ2) is 6.17. The quantitative estimate of drug-likeness (QED) is 0.407. The second-order valence-electron chi connectivity index (χ2n) is 6.19. The van der Waals surface area contributed by atoms with Crippen LogP contribution in [0.5, 0.6) is 0 Å². The molecule has 5 nitrogen and oxygen atoms in total. The Morgan fingerprint density at radius 3 is 2.50 bits per heavy atom. The number of fused-ring (bicyclic) bond motifs is 1. The molecule has 1 unspecified atom stereocenters. The molecule has 0 N–H and O–H groups in total. The standard InChI is InChI=1S/C14H17BrClNO4S/c1-6(18)21-5-7-9(10(19)14(2,3)4)17-12(20)8(16)13(17)22-11(7)15/h8,11,13H,5H2,1-4H3/t8-,11?,13+/m0/s1. The van der Waals surface area contributed by atoms with E-state index < -0.39 is 16.8 Å². The minimum absolute atomic E-state index is 0.0289. The maximum Gasteiger partial charge on any atom is 0.302 e. The van der Waals surface area contributed by atoms with E-state index in [1.807, 2.05) is 0 Å². The van der Waals surface area contributed by atoms with Crippen LogP contribution in [-0.4, -0.2) is 44.1 Å². The van der Waals surface area contributed by atoms with Gasteiger partial charge in [0.25, 0.3) is 0 Å². The number of alkyl halides is 2. The third-order valence-corrected chi connectivity index (χ3v) is 6.44. The van der Waals surface area contributed by atoms with Gasteiger partial charge in [0, 0.05) is 17.9 Å². The van der Waals surface area contributed by atoms with Crippen LogP contribution in [0, 0.1) is 5.41 Å². The Bertz CT molecular complexity index is 572. The highest BCUT2D eigenvalue weighted by Gasteiger charge is 2.55. The van der Waals surface area contributed by atoms with E-state index in [4.69, 9.17) is 16.3 Å². The maximum atomic E-state index is 12.8. The molecule has 1 amide bonds. The van der Waals surface area contributed by atoms with E-state index in [2.05, 4.69) is 15.9 Å². The number of halogens is 2. The van der Waals surface area contributed by atoms with Crippen molar-refractivity contribution < 1.29 is 19.1 Å². The number of thioether (sulfide) groups is 1. The van der Waals surface area contributed by atoms with Crippen LogP contribution >= 0.6 is 39.3 Å². The Kier molecular flexibility index (Phi) is 5.00. The normalized spacial score (nSPS) is 28.2. The summed E-state index contributed by atoms with van der Waals surface area (Å²) in [7, 11) is 0. The van der Waals surface area contributed by atoms with Gasteiger partial charge in [-0.25, -0.2) is 0 Å². The van der Waals surface area contributed by atoms with Crippen molar-refractivity contribution in [2.75, 3.05) is 6.61 Å². The number of carbonyl (C=O) groups excluding carboxylic acids is 3. The SMILES string of the molecule is CC(=O)OCC1=C(C(=O)C(C)(C)C)N2C(=O)[C@H](Cl)[C@H]2SC1Br. The molecule has 22 heavy (non-hydrogen) atoms. The number of allylic oxidation sites excluding steroid dienone is 1. The van der Waals surface area contributed by atoms with Gasteiger partial charge in [-0.2, -0.15) is 0 Å². The molecule has 122 valence electrons. The number of hydrogen-bond donors (Lipinski definition) is 0. The third-order valence-electron chi connectivity index (χ3n) is 3.38. The Balaban J connectivity index is 2.47. The lowest BCUT2D eigenvalue weighted by atomic mass is 9.86. The molecule has 8 heteroatoms. The molecule has 0 bridgehead atoms. The van der Waals surface area contributed by atoms with Crippen LogP contribution < -0.4 is 0 Å². The smallest absolute Gasteiger partial charge is 0.302 e. The highest BCUT2D eigenvalue weighted by Crippen LogP contribution is 2.49. The summed E-state index contributed by atoms with van der Waals surface area (Å²) in [6, 6.07) is 0. The fraction of sp³-hybridized carbons (Fsp3) is 0.643. The van der Waals surface area contributed by atoms with Crippen LogP contribution in [0.25, 0.3) is 0 Å². The number of Topliss-reactive ketones (excluding diaryl/α,β-unsaturated/α-hetero) is 1. The zero-order valence-electron chi connectivity index (χ0n) is 12.7. The fourth-order valence-electron chi connectivity index (χ4n) is 2.19. The van der Waals surface area contributed by atoms with Crippen LogP contribution in [0.3, 0.4) is 0 Å². The number of ketones is 1. The largest absolute Gasteiger partial charge is 0.461 e. The van der Waals surface area contributed by atoms with Gasteiger partial charge < -0.3 is 4.74 Å². The van der Waals surface area contributed by atoms with Gasteiger partial charge in [0.15, 0.2) is 5.78 Å². The lowest BCUT2D eigenvalue weighted by Gasteiger charge is -2.50.